The van der Waals surface area contributed by atoms with Gasteiger partial charge in [-0.15, -0.1) is 0 Å². The molecular weight excluding hydrogens is 273 g/mol. The molecule has 3 rings (SSSR count). The monoisotopic (exact) mass is 297 g/mol. The summed E-state index contributed by atoms with van der Waals surface area (Å²) in [4.78, 5) is 0. The van der Waals surface area contributed by atoms with Crippen molar-refractivity contribution in [2.24, 2.45) is 0 Å². The number of hydrogen-bond donors (Lipinski definition) is 0. The summed E-state index contributed by atoms with van der Waals surface area (Å²) in [5, 5.41) is 0. The maximum atomic E-state index is 6.10. The summed E-state index contributed by atoms with van der Waals surface area (Å²) in [5.41, 5.74) is 1.75. The predicted molar refractivity (Wildman–Crippen MR) is 90.4 cm³/mol. The SMILES string of the molecule is CC(c1ccc(B2OC(C)(C)C(C)(C)O2)cc1)n1cccc1. The van der Waals surface area contributed by atoms with Crippen molar-refractivity contribution in [1.29, 1.82) is 0 Å². The minimum Gasteiger partial charge on any atom is -0.399 e. The van der Waals surface area contributed by atoms with E-state index in [0.717, 1.165) is 5.46 Å². The molecule has 1 unspecified atom stereocenters. The van der Waals surface area contributed by atoms with Gasteiger partial charge in [0.15, 0.2) is 0 Å². The summed E-state index contributed by atoms with van der Waals surface area (Å²) in [7, 11) is -0.291. The van der Waals surface area contributed by atoms with E-state index in [0.29, 0.717) is 6.04 Å². The summed E-state index contributed by atoms with van der Waals surface area (Å²) < 4.78 is 14.4. The molecule has 3 nitrogen and oxygen atoms in total. The largest absolute Gasteiger partial charge is 0.494 e. The van der Waals surface area contributed by atoms with Crippen molar-refractivity contribution < 1.29 is 9.31 Å². The molecule has 0 amide bonds. The van der Waals surface area contributed by atoms with E-state index < -0.39 is 0 Å². The molecule has 0 N–H and O–H groups in total. The molecule has 0 saturated carbocycles. The van der Waals surface area contributed by atoms with Gasteiger partial charge in [-0.05, 0) is 57.8 Å². The van der Waals surface area contributed by atoms with E-state index >= 15 is 0 Å². The van der Waals surface area contributed by atoms with Gasteiger partial charge in [0.05, 0.1) is 17.2 Å². The van der Waals surface area contributed by atoms with E-state index in [4.69, 9.17) is 9.31 Å². The average molecular weight is 297 g/mol. The molecule has 2 aromatic rings. The van der Waals surface area contributed by atoms with Gasteiger partial charge in [0, 0.05) is 12.4 Å². The second-order valence-electron chi connectivity index (χ2n) is 7.06. The van der Waals surface area contributed by atoms with Crippen LogP contribution in [0, 0.1) is 0 Å². The molecule has 1 aliphatic heterocycles. The first-order valence-electron chi connectivity index (χ1n) is 7.88. The van der Waals surface area contributed by atoms with Crippen LogP contribution < -0.4 is 5.46 Å². The van der Waals surface area contributed by atoms with E-state index in [1.165, 1.54) is 5.56 Å². The molecule has 1 fully saturated rings. The van der Waals surface area contributed by atoms with Crippen LogP contribution in [0.4, 0.5) is 0 Å². The molecule has 1 aliphatic rings. The molecule has 0 aliphatic carbocycles. The van der Waals surface area contributed by atoms with Crippen LogP contribution in [0.25, 0.3) is 0 Å². The zero-order chi connectivity index (χ0) is 16.0. The van der Waals surface area contributed by atoms with Crippen LogP contribution in [0.3, 0.4) is 0 Å². The fraction of sp³-hybridized carbons (Fsp3) is 0.444. The van der Waals surface area contributed by atoms with Crippen LogP contribution in [-0.2, 0) is 9.31 Å². The van der Waals surface area contributed by atoms with Gasteiger partial charge in [-0.2, -0.15) is 0 Å². The second-order valence-corrected chi connectivity index (χ2v) is 7.06. The second kappa shape index (κ2) is 5.29. The van der Waals surface area contributed by atoms with Crippen LogP contribution in [0.2, 0.25) is 0 Å². The highest BCUT2D eigenvalue weighted by atomic mass is 16.7. The van der Waals surface area contributed by atoms with Gasteiger partial charge in [0.1, 0.15) is 0 Å². The molecule has 2 heterocycles. The highest BCUT2D eigenvalue weighted by Crippen LogP contribution is 2.36. The Morgan fingerprint density at radius 3 is 1.91 bits per heavy atom. The molecule has 4 heteroatoms. The Labute approximate surface area is 133 Å². The topological polar surface area (TPSA) is 23.4 Å². The van der Waals surface area contributed by atoms with Gasteiger partial charge < -0.3 is 13.9 Å². The molecule has 1 atom stereocenters. The first-order chi connectivity index (χ1) is 10.3. The Hall–Kier alpha value is -1.52. The third-order valence-corrected chi connectivity index (χ3v) is 5.02. The minimum absolute atomic E-state index is 0.291. The van der Waals surface area contributed by atoms with Gasteiger partial charge in [-0.1, -0.05) is 24.3 Å². The van der Waals surface area contributed by atoms with Crippen molar-refractivity contribution >= 4 is 12.6 Å². The minimum atomic E-state index is -0.297. The third-order valence-electron chi connectivity index (χ3n) is 5.02. The number of aromatic nitrogens is 1. The van der Waals surface area contributed by atoms with Gasteiger partial charge >= 0.3 is 7.12 Å². The Bertz CT molecular complexity index is 616. The lowest BCUT2D eigenvalue weighted by molar-refractivity contribution is 0.00578. The summed E-state index contributed by atoms with van der Waals surface area (Å²) in [5.74, 6) is 0. The Balaban J connectivity index is 1.78. The molecule has 1 aromatic carbocycles. The molecule has 22 heavy (non-hydrogen) atoms. The fourth-order valence-electron chi connectivity index (χ4n) is 2.69. The van der Waals surface area contributed by atoms with Crippen LogP contribution in [0.1, 0.15) is 46.2 Å². The summed E-state index contributed by atoms with van der Waals surface area (Å²) in [6.45, 7) is 10.5. The molecule has 0 bridgehead atoms. The summed E-state index contributed by atoms with van der Waals surface area (Å²) in [6, 6.07) is 13.0. The Morgan fingerprint density at radius 2 is 1.41 bits per heavy atom. The fourth-order valence-corrected chi connectivity index (χ4v) is 2.69. The highest BCUT2D eigenvalue weighted by Gasteiger charge is 2.51. The lowest BCUT2D eigenvalue weighted by Gasteiger charge is -2.32. The standard InChI is InChI=1S/C18H24BNO2/c1-14(20-12-6-7-13-20)15-8-10-16(11-9-15)19-21-17(2,3)18(4,5)22-19/h6-14H,1-5H3. The Kier molecular flexibility index (Phi) is 3.70. The predicted octanol–water partition coefficient (Wildman–Crippen LogP) is 3.40. The zero-order valence-electron chi connectivity index (χ0n) is 14.0. The Morgan fingerprint density at radius 1 is 0.909 bits per heavy atom. The van der Waals surface area contributed by atoms with Gasteiger partial charge in [-0.3, -0.25) is 0 Å². The number of nitrogens with zero attached hydrogens (tertiary/aromatic N) is 1. The first-order valence-corrected chi connectivity index (χ1v) is 7.88. The van der Waals surface area contributed by atoms with Crippen LogP contribution in [0.15, 0.2) is 48.8 Å². The lowest BCUT2D eigenvalue weighted by Crippen LogP contribution is -2.41. The van der Waals surface area contributed by atoms with E-state index in [9.17, 15) is 0 Å². The summed E-state index contributed by atoms with van der Waals surface area (Å²) >= 11 is 0. The smallest absolute Gasteiger partial charge is 0.399 e. The quantitative estimate of drug-likeness (QED) is 0.811. The van der Waals surface area contributed by atoms with Crippen LogP contribution in [-0.4, -0.2) is 22.9 Å². The van der Waals surface area contributed by atoms with Crippen molar-refractivity contribution in [2.45, 2.75) is 51.9 Å². The lowest BCUT2D eigenvalue weighted by atomic mass is 9.78. The van der Waals surface area contributed by atoms with Crippen LogP contribution in [0.5, 0.6) is 0 Å². The first kappa shape index (κ1) is 15.4. The zero-order valence-corrected chi connectivity index (χ0v) is 14.0. The van der Waals surface area contributed by atoms with Crippen molar-refractivity contribution in [2.75, 3.05) is 0 Å². The molecular formula is C18H24BNO2. The van der Waals surface area contributed by atoms with E-state index in [1.807, 2.05) is 0 Å². The third kappa shape index (κ3) is 2.62. The highest BCUT2D eigenvalue weighted by molar-refractivity contribution is 6.62. The maximum absolute atomic E-state index is 6.10. The average Bonchev–Trinajstić information content (AvgIpc) is 3.05. The molecule has 116 valence electrons. The summed E-state index contributed by atoms with van der Waals surface area (Å²) in [6.07, 6.45) is 4.18. The van der Waals surface area contributed by atoms with Gasteiger partial charge in [0.2, 0.25) is 0 Å². The normalized spacial score (nSPS) is 21.0. The molecule has 1 aromatic heterocycles. The molecule has 1 saturated heterocycles. The van der Waals surface area contributed by atoms with Crippen molar-refractivity contribution in [3.05, 3.63) is 54.4 Å². The van der Waals surface area contributed by atoms with Crippen molar-refractivity contribution in [3.8, 4) is 0 Å². The van der Waals surface area contributed by atoms with Crippen molar-refractivity contribution in [1.82, 2.24) is 4.57 Å². The van der Waals surface area contributed by atoms with Gasteiger partial charge in [0.25, 0.3) is 0 Å². The molecule has 0 radical (unpaired) electrons. The van der Waals surface area contributed by atoms with E-state index in [-0.39, 0.29) is 18.3 Å². The maximum Gasteiger partial charge on any atom is 0.494 e. The van der Waals surface area contributed by atoms with Gasteiger partial charge in [-0.25, -0.2) is 0 Å². The number of hydrogen-bond acceptors (Lipinski definition) is 2. The van der Waals surface area contributed by atoms with E-state index in [2.05, 4.69) is 88.0 Å². The van der Waals surface area contributed by atoms with Crippen molar-refractivity contribution in [3.63, 3.8) is 0 Å². The van der Waals surface area contributed by atoms with Crippen LogP contribution >= 0.6 is 0 Å². The number of benzene rings is 1. The molecule has 0 spiro atoms. The number of rotatable bonds is 3. The van der Waals surface area contributed by atoms with E-state index in [1.54, 1.807) is 0 Å².